The molecule has 2 aliphatic rings. The van der Waals surface area contributed by atoms with E-state index in [2.05, 4.69) is 31.0 Å². The van der Waals surface area contributed by atoms with Crippen LogP contribution in [0.3, 0.4) is 0 Å². The van der Waals surface area contributed by atoms with E-state index >= 15 is 0 Å². The zero-order valence-corrected chi connectivity index (χ0v) is 14.1. The van der Waals surface area contributed by atoms with Crippen molar-refractivity contribution in [2.45, 2.75) is 78.2 Å². The standard InChI is InChI=1S/C18H36N2/c1-4-6-13-20(17-7-8-17)15-18(14-19-5-2)11-9-16(3)10-12-18/h16-17,19H,4-15H2,1-3H3. The van der Waals surface area contributed by atoms with E-state index in [0.29, 0.717) is 5.41 Å². The quantitative estimate of drug-likeness (QED) is 0.685. The molecule has 2 heteroatoms. The van der Waals surface area contributed by atoms with E-state index in [1.165, 1.54) is 71.0 Å². The predicted octanol–water partition coefficient (Wildman–Crippen LogP) is 4.06. The fourth-order valence-corrected chi connectivity index (χ4v) is 3.78. The highest BCUT2D eigenvalue weighted by atomic mass is 15.2. The minimum absolute atomic E-state index is 0.568. The van der Waals surface area contributed by atoms with E-state index in [4.69, 9.17) is 0 Å². The van der Waals surface area contributed by atoms with E-state index in [-0.39, 0.29) is 0 Å². The third-order valence-corrected chi connectivity index (χ3v) is 5.49. The van der Waals surface area contributed by atoms with Crippen molar-refractivity contribution in [3.05, 3.63) is 0 Å². The number of nitrogens with zero attached hydrogens (tertiary/aromatic N) is 1. The van der Waals surface area contributed by atoms with Gasteiger partial charge in [0, 0.05) is 19.1 Å². The Bertz CT molecular complexity index is 259. The number of hydrogen-bond acceptors (Lipinski definition) is 2. The van der Waals surface area contributed by atoms with Crippen LogP contribution in [0.5, 0.6) is 0 Å². The summed E-state index contributed by atoms with van der Waals surface area (Å²) < 4.78 is 0. The van der Waals surface area contributed by atoms with Gasteiger partial charge in [0.05, 0.1) is 0 Å². The van der Waals surface area contributed by atoms with Crippen molar-refractivity contribution < 1.29 is 0 Å². The highest BCUT2D eigenvalue weighted by Gasteiger charge is 2.39. The molecule has 0 aromatic carbocycles. The fraction of sp³-hybridized carbons (Fsp3) is 1.00. The first-order valence-corrected chi connectivity index (χ1v) is 9.14. The van der Waals surface area contributed by atoms with Crippen molar-refractivity contribution in [3.8, 4) is 0 Å². The molecule has 2 fully saturated rings. The number of unbranched alkanes of at least 4 members (excludes halogenated alkanes) is 1. The summed E-state index contributed by atoms with van der Waals surface area (Å²) in [5.41, 5.74) is 0.568. The predicted molar refractivity (Wildman–Crippen MR) is 88.1 cm³/mol. The first-order valence-electron chi connectivity index (χ1n) is 9.14. The maximum absolute atomic E-state index is 3.67. The van der Waals surface area contributed by atoms with Crippen molar-refractivity contribution in [3.63, 3.8) is 0 Å². The fourth-order valence-electron chi connectivity index (χ4n) is 3.78. The molecule has 0 spiro atoms. The average molecular weight is 280 g/mol. The Morgan fingerprint density at radius 1 is 1.10 bits per heavy atom. The molecule has 0 bridgehead atoms. The van der Waals surface area contributed by atoms with Gasteiger partial charge in [0.1, 0.15) is 0 Å². The van der Waals surface area contributed by atoms with Gasteiger partial charge >= 0.3 is 0 Å². The summed E-state index contributed by atoms with van der Waals surface area (Å²) in [5, 5.41) is 3.67. The lowest BCUT2D eigenvalue weighted by atomic mass is 9.70. The summed E-state index contributed by atoms with van der Waals surface area (Å²) in [5.74, 6) is 0.953. The molecule has 0 aromatic rings. The average Bonchev–Trinajstić information content (AvgIpc) is 3.29. The van der Waals surface area contributed by atoms with Crippen molar-refractivity contribution >= 4 is 0 Å². The van der Waals surface area contributed by atoms with Crippen LogP contribution in [0, 0.1) is 11.3 Å². The van der Waals surface area contributed by atoms with E-state index in [0.717, 1.165) is 18.5 Å². The Hall–Kier alpha value is -0.0800. The lowest BCUT2D eigenvalue weighted by Crippen LogP contribution is -2.47. The van der Waals surface area contributed by atoms with Crippen molar-refractivity contribution in [2.24, 2.45) is 11.3 Å². The first-order chi connectivity index (χ1) is 9.69. The molecule has 118 valence electrons. The van der Waals surface area contributed by atoms with Crippen LogP contribution in [0.25, 0.3) is 0 Å². The second kappa shape index (κ2) is 7.79. The van der Waals surface area contributed by atoms with Crippen molar-refractivity contribution in [1.29, 1.82) is 0 Å². The molecule has 0 amide bonds. The minimum Gasteiger partial charge on any atom is -0.316 e. The van der Waals surface area contributed by atoms with Gasteiger partial charge in [-0.1, -0.05) is 40.0 Å². The molecule has 0 atom stereocenters. The van der Waals surface area contributed by atoms with Crippen LogP contribution in [0.2, 0.25) is 0 Å². The third-order valence-electron chi connectivity index (χ3n) is 5.49. The monoisotopic (exact) mass is 280 g/mol. The van der Waals surface area contributed by atoms with Gasteiger partial charge in [-0.3, -0.25) is 4.90 Å². The van der Waals surface area contributed by atoms with E-state index < -0.39 is 0 Å². The number of hydrogen-bond donors (Lipinski definition) is 1. The van der Waals surface area contributed by atoms with Crippen molar-refractivity contribution in [1.82, 2.24) is 10.2 Å². The molecule has 0 aliphatic heterocycles. The Balaban J connectivity index is 1.94. The minimum atomic E-state index is 0.568. The molecule has 2 rings (SSSR count). The summed E-state index contributed by atoms with van der Waals surface area (Å²) in [7, 11) is 0. The molecule has 0 aromatic heterocycles. The second-order valence-corrected chi connectivity index (χ2v) is 7.52. The van der Waals surface area contributed by atoms with Crippen LogP contribution in [-0.4, -0.2) is 37.1 Å². The molecule has 20 heavy (non-hydrogen) atoms. The molecule has 2 nitrogen and oxygen atoms in total. The van der Waals surface area contributed by atoms with Gasteiger partial charge in [-0.2, -0.15) is 0 Å². The van der Waals surface area contributed by atoms with Crippen LogP contribution in [-0.2, 0) is 0 Å². The summed E-state index contributed by atoms with van der Waals surface area (Å²) in [6, 6.07) is 0.930. The first kappa shape index (κ1) is 16.3. The van der Waals surface area contributed by atoms with Crippen molar-refractivity contribution in [2.75, 3.05) is 26.2 Å². The third kappa shape index (κ3) is 4.73. The molecule has 0 radical (unpaired) electrons. The number of nitrogens with one attached hydrogen (secondary N) is 1. The summed E-state index contributed by atoms with van der Waals surface area (Å²) >= 11 is 0. The van der Waals surface area contributed by atoms with Gasteiger partial charge in [-0.05, 0) is 56.5 Å². The molecule has 0 saturated heterocycles. The van der Waals surface area contributed by atoms with Gasteiger partial charge in [-0.15, -0.1) is 0 Å². The normalized spacial score (nSPS) is 30.9. The largest absolute Gasteiger partial charge is 0.316 e. The van der Waals surface area contributed by atoms with E-state index in [1.54, 1.807) is 0 Å². The van der Waals surface area contributed by atoms with E-state index in [1.807, 2.05) is 0 Å². The smallest absolute Gasteiger partial charge is 0.00966 e. The summed E-state index contributed by atoms with van der Waals surface area (Å²) in [6.07, 6.45) is 11.4. The van der Waals surface area contributed by atoms with E-state index in [9.17, 15) is 0 Å². The summed E-state index contributed by atoms with van der Waals surface area (Å²) in [6.45, 7) is 12.1. The highest BCUT2D eigenvalue weighted by molar-refractivity contribution is 4.93. The zero-order chi connectivity index (χ0) is 14.4. The van der Waals surface area contributed by atoms with Gasteiger partial charge in [0.2, 0.25) is 0 Å². The Morgan fingerprint density at radius 2 is 1.80 bits per heavy atom. The maximum atomic E-state index is 3.67. The zero-order valence-electron chi connectivity index (χ0n) is 14.1. The molecule has 0 heterocycles. The molecule has 1 N–H and O–H groups in total. The lowest BCUT2D eigenvalue weighted by Gasteiger charge is -2.43. The van der Waals surface area contributed by atoms with Gasteiger partial charge in [-0.25, -0.2) is 0 Å². The molecular weight excluding hydrogens is 244 g/mol. The number of rotatable bonds is 9. The molecule has 2 saturated carbocycles. The van der Waals surface area contributed by atoms with Crippen LogP contribution in [0.1, 0.15) is 72.1 Å². The lowest BCUT2D eigenvalue weighted by molar-refractivity contribution is 0.0817. The van der Waals surface area contributed by atoms with Crippen LogP contribution >= 0.6 is 0 Å². The molecule has 0 unspecified atom stereocenters. The SMILES string of the molecule is CCCCN(CC1(CNCC)CCC(C)CC1)C1CC1. The Morgan fingerprint density at radius 3 is 2.35 bits per heavy atom. The summed E-state index contributed by atoms with van der Waals surface area (Å²) in [4.78, 5) is 2.84. The van der Waals surface area contributed by atoms with Gasteiger partial charge in [0.15, 0.2) is 0 Å². The second-order valence-electron chi connectivity index (χ2n) is 7.52. The van der Waals surface area contributed by atoms with Gasteiger partial charge in [0.25, 0.3) is 0 Å². The molecular formula is C18H36N2. The topological polar surface area (TPSA) is 15.3 Å². The Kier molecular flexibility index (Phi) is 6.35. The van der Waals surface area contributed by atoms with Crippen LogP contribution in [0.4, 0.5) is 0 Å². The van der Waals surface area contributed by atoms with Gasteiger partial charge < -0.3 is 5.32 Å². The Labute approximate surface area is 126 Å². The molecule has 2 aliphatic carbocycles. The van der Waals surface area contributed by atoms with Crippen LogP contribution < -0.4 is 5.32 Å². The highest BCUT2D eigenvalue weighted by Crippen LogP contribution is 2.41. The maximum Gasteiger partial charge on any atom is 0.00966 e. The van der Waals surface area contributed by atoms with Crippen LogP contribution in [0.15, 0.2) is 0 Å².